The minimum Gasteiger partial charge on any atom is -0.244 e. The third-order valence-corrected chi connectivity index (χ3v) is 2.92. The third-order valence-electron chi connectivity index (χ3n) is 1.45. The van der Waals surface area contributed by atoms with Gasteiger partial charge in [-0.2, -0.15) is 5.26 Å². The quantitative estimate of drug-likeness (QED) is 0.691. The molecule has 13 heavy (non-hydrogen) atoms. The summed E-state index contributed by atoms with van der Waals surface area (Å²) in [5.41, 5.74) is 0.535. The van der Waals surface area contributed by atoms with Crippen LogP contribution in [-0.4, -0.2) is 10.7 Å². The fourth-order valence-corrected chi connectivity index (χ4v) is 1.77. The van der Waals surface area contributed by atoms with Gasteiger partial charge >= 0.3 is 0 Å². The Morgan fingerprint density at radius 3 is 3.00 bits per heavy atom. The standard InChI is InChI=1S/C10H12N2S/c1-8(2)7-13-10-4-3-5-12-9(10)6-11/h3-5,8H,7H2,1-2H3. The van der Waals surface area contributed by atoms with E-state index >= 15 is 0 Å². The smallest absolute Gasteiger partial charge is 0.153 e. The van der Waals surface area contributed by atoms with Crippen LogP contribution in [0.15, 0.2) is 23.2 Å². The lowest BCUT2D eigenvalue weighted by Crippen LogP contribution is -1.92. The van der Waals surface area contributed by atoms with Gasteiger partial charge in [-0.25, -0.2) is 4.98 Å². The highest BCUT2D eigenvalue weighted by molar-refractivity contribution is 7.99. The molecule has 0 aliphatic carbocycles. The van der Waals surface area contributed by atoms with Crippen LogP contribution in [0.1, 0.15) is 19.5 Å². The molecule has 0 unspecified atom stereocenters. The lowest BCUT2D eigenvalue weighted by atomic mass is 10.3. The number of thioether (sulfide) groups is 1. The zero-order valence-corrected chi connectivity index (χ0v) is 8.64. The van der Waals surface area contributed by atoms with Gasteiger partial charge in [-0.1, -0.05) is 13.8 Å². The molecule has 2 nitrogen and oxygen atoms in total. The largest absolute Gasteiger partial charge is 0.244 e. The summed E-state index contributed by atoms with van der Waals surface area (Å²) in [4.78, 5) is 4.98. The van der Waals surface area contributed by atoms with Gasteiger partial charge in [-0.15, -0.1) is 11.8 Å². The van der Waals surface area contributed by atoms with E-state index in [0.29, 0.717) is 11.6 Å². The summed E-state index contributed by atoms with van der Waals surface area (Å²) < 4.78 is 0. The molecule has 1 aromatic rings. The average Bonchev–Trinajstić information content (AvgIpc) is 2.15. The van der Waals surface area contributed by atoms with E-state index in [1.807, 2.05) is 12.1 Å². The SMILES string of the molecule is CC(C)CSc1cccnc1C#N. The third kappa shape index (κ3) is 3.08. The molecule has 0 aliphatic heterocycles. The van der Waals surface area contributed by atoms with Crippen LogP contribution in [0.25, 0.3) is 0 Å². The van der Waals surface area contributed by atoms with Crippen molar-refractivity contribution < 1.29 is 0 Å². The topological polar surface area (TPSA) is 36.7 Å². The molecule has 1 aromatic heterocycles. The minimum atomic E-state index is 0.535. The predicted octanol–water partition coefficient (Wildman–Crippen LogP) is 2.70. The van der Waals surface area contributed by atoms with Gasteiger partial charge < -0.3 is 0 Å². The first kappa shape index (κ1) is 10.1. The van der Waals surface area contributed by atoms with E-state index in [0.717, 1.165) is 10.6 Å². The number of pyridine rings is 1. The predicted molar refractivity (Wildman–Crippen MR) is 54.5 cm³/mol. The molecular weight excluding hydrogens is 180 g/mol. The molecule has 0 bridgehead atoms. The highest BCUT2D eigenvalue weighted by Crippen LogP contribution is 2.22. The summed E-state index contributed by atoms with van der Waals surface area (Å²) in [7, 11) is 0. The normalized spacial score (nSPS) is 10.0. The van der Waals surface area contributed by atoms with Gasteiger partial charge in [0.15, 0.2) is 5.69 Å². The summed E-state index contributed by atoms with van der Waals surface area (Å²) in [6, 6.07) is 5.89. The van der Waals surface area contributed by atoms with Crippen molar-refractivity contribution in [3.63, 3.8) is 0 Å². The zero-order chi connectivity index (χ0) is 9.68. The maximum atomic E-state index is 8.76. The van der Waals surface area contributed by atoms with Crippen molar-refractivity contribution in [1.29, 1.82) is 5.26 Å². The number of nitrogens with zero attached hydrogens (tertiary/aromatic N) is 2. The van der Waals surface area contributed by atoms with Crippen molar-refractivity contribution in [1.82, 2.24) is 4.98 Å². The molecule has 0 spiro atoms. The van der Waals surface area contributed by atoms with Crippen molar-refractivity contribution in [2.45, 2.75) is 18.7 Å². The number of rotatable bonds is 3. The van der Waals surface area contributed by atoms with Gasteiger partial charge in [0.1, 0.15) is 6.07 Å². The molecule has 3 heteroatoms. The summed E-state index contributed by atoms with van der Waals surface area (Å²) in [6.45, 7) is 4.32. The Labute approximate surface area is 83.0 Å². The van der Waals surface area contributed by atoms with Gasteiger partial charge in [-0.3, -0.25) is 0 Å². The molecule has 0 radical (unpaired) electrons. The van der Waals surface area contributed by atoms with E-state index in [4.69, 9.17) is 5.26 Å². The Bertz CT molecular complexity index is 315. The Kier molecular flexibility index (Phi) is 3.78. The molecule has 0 fully saturated rings. The second kappa shape index (κ2) is 4.88. The molecule has 0 saturated carbocycles. The maximum absolute atomic E-state index is 8.76. The lowest BCUT2D eigenvalue weighted by molar-refractivity contribution is 0.750. The van der Waals surface area contributed by atoms with Crippen LogP contribution in [0.5, 0.6) is 0 Å². The minimum absolute atomic E-state index is 0.535. The van der Waals surface area contributed by atoms with Crippen LogP contribution in [-0.2, 0) is 0 Å². The fraction of sp³-hybridized carbons (Fsp3) is 0.400. The van der Waals surface area contributed by atoms with Crippen LogP contribution in [0.4, 0.5) is 0 Å². The van der Waals surface area contributed by atoms with Crippen molar-refractivity contribution in [2.24, 2.45) is 5.92 Å². The molecule has 1 heterocycles. The van der Waals surface area contributed by atoms with Crippen LogP contribution < -0.4 is 0 Å². The van der Waals surface area contributed by atoms with Crippen molar-refractivity contribution in [3.8, 4) is 6.07 Å². The Morgan fingerprint density at radius 2 is 2.38 bits per heavy atom. The second-order valence-electron chi connectivity index (χ2n) is 3.17. The Balaban J connectivity index is 2.71. The van der Waals surface area contributed by atoms with Crippen LogP contribution in [0.3, 0.4) is 0 Å². The highest BCUT2D eigenvalue weighted by atomic mass is 32.2. The number of aromatic nitrogens is 1. The molecule has 0 N–H and O–H groups in total. The molecular formula is C10H12N2S. The maximum Gasteiger partial charge on any atom is 0.153 e. The Morgan fingerprint density at radius 1 is 1.62 bits per heavy atom. The Hall–Kier alpha value is -1.01. The van der Waals surface area contributed by atoms with Gasteiger partial charge in [0, 0.05) is 16.8 Å². The van der Waals surface area contributed by atoms with E-state index in [9.17, 15) is 0 Å². The van der Waals surface area contributed by atoms with E-state index in [2.05, 4.69) is 24.9 Å². The molecule has 68 valence electrons. The fourth-order valence-electron chi connectivity index (χ4n) is 0.847. The first-order chi connectivity index (χ1) is 6.24. The summed E-state index contributed by atoms with van der Waals surface area (Å²) in [5.74, 6) is 1.66. The molecule has 0 saturated heterocycles. The lowest BCUT2D eigenvalue weighted by Gasteiger charge is -2.04. The molecule has 0 aliphatic rings. The monoisotopic (exact) mass is 192 g/mol. The molecule has 0 amide bonds. The van der Waals surface area contributed by atoms with Crippen molar-refractivity contribution in [2.75, 3.05) is 5.75 Å². The summed E-state index contributed by atoms with van der Waals surface area (Å²) >= 11 is 1.69. The summed E-state index contributed by atoms with van der Waals surface area (Å²) in [6.07, 6.45) is 1.65. The average molecular weight is 192 g/mol. The first-order valence-electron chi connectivity index (χ1n) is 4.22. The van der Waals surface area contributed by atoms with Gasteiger partial charge in [0.2, 0.25) is 0 Å². The van der Waals surface area contributed by atoms with E-state index in [-0.39, 0.29) is 0 Å². The number of hydrogen-bond donors (Lipinski definition) is 0. The number of nitriles is 1. The highest BCUT2D eigenvalue weighted by Gasteiger charge is 2.03. The second-order valence-corrected chi connectivity index (χ2v) is 4.23. The zero-order valence-electron chi connectivity index (χ0n) is 7.82. The van der Waals surface area contributed by atoms with Gasteiger partial charge in [0.05, 0.1) is 0 Å². The molecule has 1 rings (SSSR count). The van der Waals surface area contributed by atoms with E-state index in [1.165, 1.54) is 0 Å². The van der Waals surface area contributed by atoms with E-state index < -0.39 is 0 Å². The van der Waals surface area contributed by atoms with Crippen LogP contribution >= 0.6 is 11.8 Å². The number of hydrogen-bond acceptors (Lipinski definition) is 3. The van der Waals surface area contributed by atoms with Crippen molar-refractivity contribution >= 4 is 11.8 Å². The first-order valence-corrected chi connectivity index (χ1v) is 5.20. The molecule has 0 atom stereocenters. The summed E-state index contributed by atoms with van der Waals surface area (Å²) in [5, 5.41) is 8.76. The van der Waals surface area contributed by atoms with Gasteiger partial charge in [0.25, 0.3) is 0 Å². The molecule has 0 aromatic carbocycles. The van der Waals surface area contributed by atoms with Crippen molar-refractivity contribution in [3.05, 3.63) is 24.0 Å². The van der Waals surface area contributed by atoms with Crippen LogP contribution in [0, 0.1) is 17.2 Å². The van der Waals surface area contributed by atoms with Crippen LogP contribution in [0.2, 0.25) is 0 Å². The van der Waals surface area contributed by atoms with Gasteiger partial charge in [-0.05, 0) is 18.1 Å². The van der Waals surface area contributed by atoms with E-state index in [1.54, 1.807) is 18.0 Å².